The number of nitrogens with one attached hydrogen (secondary N) is 1. The average molecular weight is 406 g/mol. The number of amides is 1. The van der Waals surface area contributed by atoms with E-state index in [4.69, 9.17) is 4.74 Å². The summed E-state index contributed by atoms with van der Waals surface area (Å²) < 4.78 is 20.2. The lowest BCUT2D eigenvalue weighted by Gasteiger charge is -2.31. The zero-order chi connectivity index (χ0) is 19.7. The van der Waals surface area contributed by atoms with E-state index in [0.29, 0.717) is 29.0 Å². The second-order valence-corrected chi connectivity index (χ2v) is 8.31. The Morgan fingerprint density at radius 1 is 1.43 bits per heavy atom. The van der Waals surface area contributed by atoms with Crippen LogP contribution in [0.25, 0.3) is 0 Å². The first-order valence-electron chi connectivity index (χ1n) is 9.38. The Hall–Kier alpha value is -2.33. The maximum atomic E-state index is 14.1. The van der Waals surface area contributed by atoms with Crippen LogP contribution >= 0.6 is 11.3 Å². The van der Waals surface area contributed by atoms with E-state index < -0.39 is 5.95 Å². The number of carbonyl (C=O) groups is 1. The monoisotopic (exact) mass is 406 g/mol. The van der Waals surface area contributed by atoms with E-state index in [-0.39, 0.29) is 18.1 Å². The van der Waals surface area contributed by atoms with Gasteiger partial charge in [-0.3, -0.25) is 9.69 Å². The fourth-order valence-corrected chi connectivity index (χ4v) is 4.37. The molecule has 8 nitrogen and oxygen atoms in total. The van der Waals surface area contributed by atoms with E-state index in [1.54, 1.807) is 0 Å². The SMILES string of the molecule is CC(=O)Nc1nc(F)c(CN2C[C@H](Oc3cc(N4CCC4)ncn3)C[C@@H]2C)s1. The van der Waals surface area contributed by atoms with Crippen molar-refractivity contribution in [2.24, 2.45) is 0 Å². The molecule has 0 saturated carbocycles. The van der Waals surface area contributed by atoms with Crippen molar-refractivity contribution in [3.63, 3.8) is 0 Å². The maximum Gasteiger partial charge on any atom is 0.230 e. The molecule has 1 N–H and O–H groups in total. The van der Waals surface area contributed by atoms with Gasteiger partial charge in [-0.2, -0.15) is 9.37 Å². The van der Waals surface area contributed by atoms with E-state index in [9.17, 15) is 9.18 Å². The van der Waals surface area contributed by atoms with Gasteiger partial charge in [-0.25, -0.2) is 9.97 Å². The standard InChI is InChI=1S/C18H23FN6O2S/c1-11-6-13(27-16-7-15(20-10-21-16)24-4-3-5-24)8-25(11)9-14-17(19)23-18(28-14)22-12(2)26/h7,10-11,13H,3-6,8-9H2,1-2H3,(H,22,23,26)/t11-,13+/m0/s1. The summed E-state index contributed by atoms with van der Waals surface area (Å²) in [6.45, 7) is 6.63. The summed E-state index contributed by atoms with van der Waals surface area (Å²) in [6, 6.07) is 2.13. The zero-order valence-corrected chi connectivity index (χ0v) is 16.7. The number of hydrogen-bond acceptors (Lipinski definition) is 8. The number of aromatic nitrogens is 3. The number of thiazole rings is 1. The number of hydrogen-bond donors (Lipinski definition) is 1. The summed E-state index contributed by atoms with van der Waals surface area (Å²) in [5.74, 6) is 0.690. The van der Waals surface area contributed by atoms with Gasteiger partial charge in [-0.15, -0.1) is 0 Å². The zero-order valence-electron chi connectivity index (χ0n) is 15.9. The molecule has 2 atom stereocenters. The molecule has 2 aliphatic rings. The van der Waals surface area contributed by atoms with Gasteiger partial charge in [0.05, 0.1) is 4.88 Å². The van der Waals surface area contributed by atoms with Gasteiger partial charge >= 0.3 is 0 Å². The van der Waals surface area contributed by atoms with E-state index in [0.717, 1.165) is 25.3 Å². The van der Waals surface area contributed by atoms with Crippen molar-refractivity contribution in [3.05, 3.63) is 23.2 Å². The third-order valence-electron chi connectivity index (χ3n) is 5.04. The fourth-order valence-electron chi connectivity index (χ4n) is 3.45. The normalized spacial score (nSPS) is 22.2. The lowest BCUT2D eigenvalue weighted by Crippen LogP contribution is -2.37. The van der Waals surface area contributed by atoms with E-state index in [2.05, 4.69) is 37.0 Å². The molecule has 10 heteroatoms. The molecule has 0 aromatic carbocycles. The van der Waals surface area contributed by atoms with E-state index >= 15 is 0 Å². The first-order chi connectivity index (χ1) is 13.5. The number of halogens is 1. The highest BCUT2D eigenvalue weighted by Crippen LogP contribution is 2.29. The molecule has 0 unspecified atom stereocenters. The highest BCUT2D eigenvalue weighted by atomic mass is 32.1. The molecule has 4 heterocycles. The highest BCUT2D eigenvalue weighted by Gasteiger charge is 2.32. The molecule has 0 spiro atoms. The van der Waals surface area contributed by atoms with E-state index in [1.807, 2.05) is 6.07 Å². The molecule has 2 saturated heterocycles. The van der Waals surface area contributed by atoms with Crippen molar-refractivity contribution in [2.75, 3.05) is 29.9 Å². The predicted molar refractivity (Wildman–Crippen MR) is 104 cm³/mol. The summed E-state index contributed by atoms with van der Waals surface area (Å²) in [6.07, 6.45) is 3.55. The molecular formula is C18H23FN6O2S. The predicted octanol–water partition coefficient (Wildman–Crippen LogP) is 2.28. The molecule has 2 aromatic heterocycles. The Bertz CT molecular complexity index is 858. The second kappa shape index (κ2) is 7.96. The van der Waals surface area contributed by atoms with E-state index in [1.165, 1.54) is 31.0 Å². The lowest BCUT2D eigenvalue weighted by molar-refractivity contribution is -0.114. The van der Waals surface area contributed by atoms with Crippen LogP contribution in [0.4, 0.5) is 15.3 Å². The topological polar surface area (TPSA) is 83.5 Å². The first kappa shape index (κ1) is 19.0. The van der Waals surface area contributed by atoms with Gasteiger partial charge in [0.15, 0.2) is 5.13 Å². The Morgan fingerprint density at radius 2 is 2.25 bits per heavy atom. The minimum atomic E-state index is -0.527. The molecule has 2 fully saturated rings. The Morgan fingerprint density at radius 3 is 2.96 bits per heavy atom. The lowest BCUT2D eigenvalue weighted by atomic mass is 10.2. The summed E-state index contributed by atoms with van der Waals surface area (Å²) >= 11 is 1.17. The van der Waals surface area contributed by atoms with Crippen molar-refractivity contribution < 1.29 is 13.9 Å². The number of nitrogens with zero attached hydrogens (tertiary/aromatic N) is 5. The van der Waals surface area contributed by atoms with Gasteiger partial charge in [0.25, 0.3) is 0 Å². The van der Waals surface area contributed by atoms with Crippen molar-refractivity contribution in [1.82, 2.24) is 19.9 Å². The first-order valence-corrected chi connectivity index (χ1v) is 10.2. The Labute approximate surface area is 166 Å². The smallest absolute Gasteiger partial charge is 0.230 e. The average Bonchev–Trinajstić information content (AvgIpc) is 3.08. The molecule has 4 rings (SSSR count). The van der Waals surface area contributed by atoms with Crippen LogP contribution in [0.2, 0.25) is 0 Å². The van der Waals surface area contributed by atoms with Crippen LogP contribution in [0.15, 0.2) is 12.4 Å². The van der Waals surface area contributed by atoms with Crippen molar-refractivity contribution in [2.45, 2.75) is 45.4 Å². The molecule has 0 aliphatic carbocycles. The minimum Gasteiger partial charge on any atom is -0.473 e. The fraction of sp³-hybridized carbons (Fsp3) is 0.556. The molecule has 28 heavy (non-hydrogen) atoms. The van der Waals surface area contributed by atoms with Gasteiger partial charge in [0, 0.05) is 51.6 Å². The molecule has 2 aliphatic heterocycles. The van der Waals surface area contributed by atoms with Gasteiger partial charge in [0.2, 0.25) is 17.7 Å². The summed E-state index contributed by atoms with van der Waals surface area (Å²) in [5, 5.41) is 2.83. The third-order valence-corrected chi connectivity index (χ3v) is 5.97. The maximum absolute atomic E-state index is 14.1. The summed E-state index contributed by atoms with van der Waals surface area (Å²) in [4.78, 5) is 28.3. The number of carbonyl (C=O) groups excluding carboxylic acids is 1. The molecule has 0 radical (unpaired) electrons. The summed E-state index contributed by atoms with van der Waals surface area (Å²) in [7, 11) is 0. The minimum absolute atomic E-state index is 0.0139. The molecule has 0 bridgehead atoms. The second-order valence-electron chi connectivity index (χ2n) is 7.22. The quantitative estimate of drug-likeness (QED) is 0.788. The van der Waals surface area contributed by atoms with Gasteiger partial charge in [0.1, 0.15) is 18.2 Å². The van der Waals surface area contributed by atoms with Crippen LogP contribution in [-0.2, 0) is 11.3 Å². The van der Waals surface area contributed by atoms with Crippen LogP contribution < -0.4 is 15.0 Å². The van der Waals surface area contributed by atoms with Gasteiger partial charge < -0.3 is 15.0 Å². The number of likely N-dealkylation sites (tertiary alicyclic amines) is 1. The summed E-state index contributed by atoms with van der Waals surface area (Å²) in [5.41, 5.74) is 0. The van der Waals surface area contributed by atoms with Gasteiger partial charge in [-0.1, -0.05) is 11.3 Å². The molecular weight excluding hydrogens is 383 g/mol. The van der Waals surface area contributed by atoms with Crippen LogP contribution in [0.5, 0.6) is 5.88 Å². The number of anilines is 2. The molecule has 150 valence electrons. The van der Waals surface area contributed by atoms with Crippen molar-refractivity contribution in [1.29, 1.82) is 0 Å². The van der Waals surface area contributed by atoms with Crippen LogP contribution in [0.1, 0.15) is 31.6 Å². The Kier molecular flexibility index (Phi) is 5.40. The van der Waals surface area contributed by atoms with Crippen LogP contribution in [-0.4, -0.2) is 57.5 Å². The largest absolute Gasteiger partial charge is 0.473 e. The molecule has 2 aromatic rings. The highest BCUT2D eigenvalue weighted by molar-refractivity contribution is 7.15. The molecule has 1 amide bonds. The third kappa shape index (κ3) is 4.22. The van der Waals surface area contributed by atoms with Crippen LogP contribution in [0, 0.1) is 5.95 Å². The Balaban J connectivity index is 1.37. The van der Waals surface area contributed by atoms with Crippen LogP contribution in [0.3, 0.4) is 0 Å². The number of rotatable bonds is 6. The van der Waals surface area contributed by atoms with Crippen molar-refractivity contribution >= 4 is 28.2 Å². The number of ether oxygens (including phenoxy) is 1. The van der Waals surface area contributed by atoms with Gasteiger partial charge in [-0.05, 0) is 13.3 Å². The van der Waals surface area contributed by atoms with Crippen molar-refractivity contribution in [3.8, 4) is 5.88 Å².